The molecule has 2 N–H and O–H groups in total. The third kappa shape index (κ3) is 57.5. The second-order valence-electron chi connectivity index (χ2n) is 24.2. The zero-order chi connectivity index (χ0) is 52.4. The van der Waals surface area contributed by atoms with Gasteiger partial charge >= 0.3 is 0 Å². The third-order valence-electron chi connectivity index (χ3n) is 16.7. The van der Waals surface area contributed by atoms with Gasteiger partial charge in [0.2, 0.25) is 0 Å². The Kier molecular flexibility index (Phi) is 58.4. The van der Waals surface area contributed by atoms with Gasteiger partial charge in [-0.3, -0.25) is 4.55 Å². The summed E-state index contributed by atoms with van der Waals surface area (Å²) in [6.07, 6.45) is 77.5. The number of aliphatic hydroxyl groups excluding tert-OH is 1. The second-order valence-corrected chi connectivity index (χ2v) is 25.7. The fourth-order valence-corrected chi connectivity index (χ4v) is 12.5. The van der Waals surface area contributed by atoms with Crippen molar-refractivity contribution in [1.82, 2.24) is 0 Å². The third-order valence-corrected chi connectivity index (χ3v) is 17.5. The van der Waals surface area contributed by atoms with Crippen LogP contribution >= 0.6 is 0 Å². The van der Waals surface area contributed by atoms with E-state index >= 15 is 0 Å². The van der Waals surface area contributed by atoms with E-state index < -0.39 is 22.0 Å². The highest BCUT2D eigenvalue weighted by Crippen LogP contribution is 2.22. The Balaban J connectivity index is 4.73. The van der Waals surface area contributed by atoms with Crippen LogP contribution in [0.1, 0.15) is 387 Å². The van der Waals surface area contributed by atoms with Crippen molar-refractivity contribution >= 4 is 10.1 Å². The molecule has 0 spiro atoms. The van der Waals surface area contributed by atoms with Crippen LogP contribution in [-0.2, 0) is 10.1 Å². The molecule has 434 valence electrons. The average molecular weight is 1040 g/mol. The van der Waals surface area contributed by atoms with Crippen molar-refractivity contribution in [2.24, 2.45) is 0 Å². The van der Waals surface area contributed by atoms with Gasteiger partial charge in [0.25, 0.3) is 10.1 Å². The lowest BCUT2D eigenvalue weighted by Gasteiger charge is -2.40. The summed E-state index contributed by atoms with van der Waals surface area (Å²) in [5.74, 6) is -0.537. The Morgan fingerprint density at radius 3 is 0.542 bits per heavy atom. The molecule has 0 aromatic rings. The Bertz CT molecular complexity index is 1010. The molecule has 0 saturated heterocycles. The van der Waals surface area contributed by atoms with E-state index in [1.165, 1.54) is 347 Å². The van der Waals surface area contributed by atoms with Crippen molar-refractivity contribution < 1.29 is 22.6 Å². The minimum atomic E-state index is -4.22. The van der Waals surface area contributed by atoms with Gasteiger partial charge in [-0.25, -0.2) is 0 Å². The lowest BCUT2D eigenvalue weighted by Crippen LogP contribution is -2.55. The van der Waals surface area contributed by atoms with E-state index in [1.54, 1.807) is 0 Å². The number of aliphatic hydroxyl groups is 1. The molecule has 1 atom stereocenters. The first-order valence-corrected chi connectivity index (χ1v) is 35.4. The maximum atomic E-state index is 11.9. The predicted octanol–water partition coefficient (Wildman–Crippen LogP) is 22.3. The van der Waals surface area contributed by atoms with E-state index in [2.05, 4.69) is 20.8 Å². The molecule has 0 bridgehead atoms. The number of hydrogen-bond donors (Lipinski definition) is 2. The normalized spacial score (nSPS) is 12.7. The molecule has 0 heterocycles. The van der Waals surface area contributed by atoms with Crippen LogP contribution in [0.4, 0.5) is 0 Å². The summed E-state index contributed by atoms with van der Waals surface area (Å²) in [6.45, 7) is 10.4. The van der Waals surface area contributed by atoms with Crippen molar-refractivity contribution in [3.8, 4) is 0 Å². The molecule has 6 heteroatoms. The molecule has 0 aliphatic rings. The van der Waals surface area contributed by atoms with Gasteiger partial charge in [-0.1, -0.05) is 348 Å². The van der Waals surface area contributed by atoms with E-state index in [4.69, 9.17) is 0 Å². The van der Waals surface area contributed by atoms with Gasteiger partial charge in [0.05, 0.1) is 19.6 Å². The van der Waals surface area contributed by atoms with Gasteiger partial charge in [0.1, 0.15) is 18.4 Å². The van der Waals surface area contributed by atoms with E-state index in [-0.39, 0.29) is 0 Å². The largest absolute Gasteiger partial charge is 0.386 e. The van der Waals surface area contributed by atoms with E-state index in [1.807, 2.05) is 0 Å². The topological polar surface area (TPSA) is 74.6 Å². The summed E-state index contributed by atoms with van der Waals surface area (Å²) < 4.78 is 34.4. The maximum Gasteiger partial charge on any atom is 0.267 e. The molecule has 5 nitrogen and oxygen atoms in total. The summed E-state index contributed by atoms with van der Waals surface area (Å²) >= 11 is 0. The summed E-state index contributed by atoms with van der Waals surface area (Å²) in [5, 5.41) is 11.1. The van der Waals surface area contributed by atoms with Crippen LogP contribution in [0.3, 0.4) is 0 Å². The standard InChI is InChI=1S/C66H135NO4S/c1-4-7-10-13-16-19-22-25-28-31-34-37-40-43-46-49-52-55-58-61-67(64-66(68)65-72(69,70)71,62-59-56-53-50-47-44-41-38-35-32-29-26-23-20-17-14-11-8-5-2)63-60-57-54-51-48-45-42-39-36-33-30-27-24-21-18-15-12-9-6-3/h66,68H,4-65H2,1-3H3/p+1. The van der Waals surface area contributed by atoms with Crippen LogP contribution in [-0.4, -0.2) is 60.6 Å². The van der Waals surface area contributed by atoms with Gasteiger partial charge in [0.15, 0.2) is 0 Å². The molecule has 1 unspecified atom stereocenters. The summed E-state index contributed by atoms with van der Waals surface area (Å²) in [5.41, 5.74) is 0. The SMILES string of the molecule is CCCCCCCCCCCCCCCCCCCCC[N+](CCCCCCCCCCCCCCCCCCCCC)(CCCCCCCCCCCCCCCCCCCCC)CC(O)CS(=O)(=O)O. The Morgan fingerprint density at radius 2 is 0.403 bits per heavy atom. The first-order valence-electron chi connectivity index (χ1n) is 33.8. The van der Waals surface area contributed by atoms with E-state index in [0.29, 0.717) is 6.54 Å². The first kappa shape index (κ1) is 71.8. The zero-order valence-corrected chi connectivity index (χ0v) is 50.8. The van der Waals surface area contributed by atoms with Gasteiger partial charge in [0, 0.05) is 0 Å². The highest BCUT2D eigenvalue weighted by atomic mass is 32.2. The van der Waals surface area contributed by atoms with Gasteiger partial charge in [-0.05, 0) is 38.5 Å². The second kappa shape index (κ2) is 58.5. The minimum absolute atomic E-state index is 0.455. The van der Waals surface area contributed by atoms with Crippen molar-refractivity contribution in [1.29, 1.82) is 0 Å². The van der Waals surface area contributed by atoms with E-state index in [9.17, 15) is 18.1 Å². The van der Waals surface area contributed by atoms with Crippen LogP contribution in [0.25, 0.3) is 0 Å². The smallest absolute Gasteiger partial charge is 0.267 e. The molecule has 0 radical (unpaired) electrons. The molecular weight excluding hydrogens is 903 g/mol. The van der Waals surface area contributed by atoms with Crippen LogP contribution in [0.5, 0.6) is 0 Å². The summed E-state index contributed by atoms with van der Waals surface area (Å²) in [4.78, 5) is 0. The highest BCUT2D eigenvalue weighted by Gasteiger charge is 2.31. The van der Waals surface area contributed by atoms with Gasteiger partial charge in [-0.15, -0.1) is 0 Å². The lowest BCUT2D eigenvalue weighted by atomic mass is 10.0. The molecule has 0 aromatic carbocycles. The van der Waals surface area contributed by atoms with Gasteiger partial charge in [-0.2, -0.15) is 8.42 Å². The zero-order valence-electron chi connectivity index (χ0n) is 50.0. The predicted molar refractivity (Wildman–Crippen MR) is 322 cm³/mol. The summed E-state index contributed by atoms with van der Waals surface area (Å²) in [7, 11) is -4.22. The quantitative estimate of drug-likeness (QED) is 0.0362. The number of quaternary nitrogens is 1. The Hall–Kier alpha value is -0.170. The van der Waals surface area contributed by atoms with Gasteiger partial charge < -0.3 is 9.59 Å². The number of rotatable bonds is 64. The molecule has 0 aliphatic carbocycles. The Morgan fingerprint density at radius 1 is 0.264 bits per heavy atom. The first-order chi connectivity index (χ1) is 35.3. The fourth-order valence-electron chi connectivity index (χ4n) is 11.9. The average Bonchev–Trinajstić information content (AvgIpc) is 3.35. The van der Waals surface area contributed by atoms with Crippen LogP contribution in [0, 0.1) is 0 Å². The number of unbranched alkanes of at least 4 members (excludes halogenated alkanes) is 54. The molecule has 72 heavy (non-hydrogen) atoms. The van der Waals surface area contributed by atoms with Crippen molar-refractivity contribution in [2.75, 3.05) is 31.9 Å². The van der Waals surface area contributed by atoms with Crippen LogP contribution < -0.4 is 0 Å². The molecular formula is C66H136NO4S+. The number of hydrogen-bond acceptors (Lipinski definition) is 3. The molecule has 0 saturated carbocycles. The molecule has 0 fully saturated rings. The van der Waals surface area contributed by atoms with Crippen molar-refractivity contribution in [3.63, 3.8) is 0 Å². The van der Waals surface area contributed by atoms with Crippen LogP contribution in [0.15, 0.2) is 0 Å². The lowest BCUT2D eigenvalue weighted by molar-refractivity contribution is -0.931. The van der Waals surface area contributed by atoms with Crippen molar-refractivity contribution in [2.45, 2.75) is 393 Å². The maximum absolute atomic E-state index is 11.9. The minimum Gasteiger partial charge on any atom is -0.386 e. The molecule has 0 aromatic heterocycles. The molecule has 0 aliphatic heterocycles. The number of nitrogens with zero attached hydrogens (tertiary/aromatic N) is 1. The Labute approximate surface area is 455 Å². The molecule has 0 rings (SSSR count). The summed E-state index contributed by atoms with van der Waals surface area (Å²) in [6, 6.07) is 0. The van der Waals surface area contributed by atoms with E-state index in [0.717, 1.165) is 43.4 Å². The highest BCUT2D eigenvalue weighted by molar-refractivity contribution is 7.85. The monoisotopic (exact) mass is 1040 g/mol. The fraction of sp³-hybridized carbons (Fsp3) is 1.00. The van der Waals surface area contributed by atoms with Crippen molar-refractivity contribution in [3.05, 3.63) is 0 Å². The van der Waals surface area contributed by atoms with Crippen LogP contribution in [0.2, 0.25) is 0 Å². The molecule has 0 amide bonds.